The number of H-pyrrole nitrogens is 1. The third kappa shape index (κ3) is 2.71. The molecule has 0 aliphatic carbocycles. The lowest BCUT2D eigenvalue weighted by molar-refractivity contribution is 0.0744. The highest BCUT2D eigenvalue weighted by molar-refractivity contribution is 6.30. The average molecular weight is 279 g/mol. The summed E-state index contributed by atoms with van der Waals surface area (Å²) in [7, 11) is 1.73. The van der Waals surface area contributed by atoms with E-state index in [1.54, 1.807) is 24.1 Å². The van der Waals surface area contributed by atoms with Gasteiger partial charge in [0.1, 0.15) is 11.4 Å². The summed E-state index contributed by atoms with van der Waals surface area (Å²) in [6.07, 6.45) is 1.43. The van der Waals surface area contributed by atoms with E-state index in [0.717, 1.165) is 5.56 Å². The summed E-state index contributed by atoms with van der Waals surface area (Å²) in [6, 6.07) is 7.32. The number of hydrogen-bond donors (Lipinski definition) is 2. The smallest absolute Gasteiger partial charge is 0.259 e. The number of benzene rings is 1. The molecule has 0 bridgehead atoms. The molecule has 0 aliphatic heterocycles. The van der Waals surface area contributed by atoms with Crippen LogP contribution in [-0.4, -0.2) is 28.1 Å². The number of nitrogen functional groups attached to an aromatic ring is 1. The van der Waals surface area contributed by atoms with Crippen LogP contribution in [0.5, 0.6) is 0 Å². The Kier molecular flexibility index (Phi) is 3.76. The maximum Gasteiger partial charge on any atom is 0.259 e. The Labute approximate surface area is 116 Å². The van der Waals surface area contributed by atoms with E-state index in [1.807, 2.05) is 19.1 Å². The molecule has 2 rings (SSSR count). The van der Waals surface area contributed by atoms with Crippen LogP contribution in [0.15, 0.2) is 30.5 Å². The van der Waals surface area contributed by atoms with Gasteiger partial charge in [-0.25, -0.2) is 0 Å². The molecule has 0 saturated carbocycles. The number of nitrogens with two attached hydrogens (primary N) is 1. The Morgan fingerprint density at radius 1 is 1.42 bits per heavy atom. The molecule has 1 unspecified atom stereocenters. The Hall–Kier alpha value is -2.01. The normalized spacial score (nSPS) is 12.2. The lowest BCUT2D eigenvalue weighted by atomic mass is 10.1. The number of nitrogens with one attached hydrogen (secondary N) is 1. The summed E-state index contributed by atoms with van der Waals surface area (Å²) in [5.41, 5.74) is 7.04. The standard InChI is InChI=1S/C13H15ClN4O/c1-8(9-3-5-10(14)6-4-9)18(2)13(19)11-7-16-17-12(11)15/h3-8H,1-2H3,(H3,15,16,17). The van der Waals surface area contributed by atoms with Crippen molar-refractivity contribution in [3.63, 3.8) is 0 Å². The summed E-state index contributed by atoms with van der Waals surface area (Å²) in [4.78, 5) is 13.9. The van der Waals surface area contributed by atoms with Gasteiger partial charge in [-0.15, -0.1) is 0 Å². The minimum atomic E-state index is -0.172. The Bertz CT molecular complexity index is 579. The minimum absolute atomic E-state index is 0.0842. The van der Waals surface area contributed by atoms with Gasteiger partial charge in [0.2, 0.25) is 0 Å². The van der Waals surface area contributed by atoms with Gasteiger partial charge in [-0.2, -0.15) is 5.10 Å². The van der Waals surface area contributed by atoms with Gasteiger partial charge < -0.3 is 10.6 Å². The van der Waals surface area contributed by atoms with Gasteiger partial charge in [-0.05, 0) is 24.6 Å². The maximum atomic E-state index is 12.3. The number of amides is 1. The van der Waals surface area contributed by atoms with Gasteiger partial charge in [0.05, 0.1) is 12.2 Å². The quantitative estimate of drug-likeness (QED) is 0.906. The van der Waals surface area contributed by atoms with E-state index in [-0.39, 0.29) is 17.8 Å². The molecule has 2 aromatic rings. The predicted octanol–water partition coefficient (Wildman–Crippen LogP) is 2.48. The second kappa shape index (κ2) is 5.32. The molecule has 0 saturated heterocycles. The molecule has 1 heterocycles. The second-order valence-corrected chi connectivity index (χ2v) is 4.78. The molecule has 1 atom stereocenters. The van der Waals surface area contributed by atoms with Crippen molar-refractivity contribution in [3.8, 4) is 0 Å². The number of rotatable bonds is 3. The largest absolute Gasteiger partial charge is 0.383 e. The van der Waals surface area contributed by atoms with E-state index in [9.17, 15) is 4.79 Å². The number of nitrogens with zero attached hydrogens (tertiary/aromatic N) is 2. The molecule has 19 heavy (non-hydrogen) atoms. The number of anilines is 1. The van der Waals surface area contributed by atoms with Gasteiger partial charge in [0, 0.05) is 12.1 Å². The minimum Gasteiger partial charge on any atom is -0.383 e. The van der Waals surface area contributed by atoms with Gasteiger partial charge in [0.25, 0.3) is 5.91 Å². The van der Waals surface area contributed by atoms with Crippen molar-refractivity contribution in [1.29, 1.82) is 0 Å². The fourth-order valence-corrected chi connectivity index (χ4v) is 1.92. The first kappa shape index (κ1) is 13.4. The SMILES string of the molecule is CC(c1ccc(Cl)cc1)N(C)C(=O)c1cn[nH]c1N. The van der Waals surface area contributed by atoms with E-state index >= 15 is 0 Å². The van der Waals surface area contributed by atoms with Crippen molar-refractivity contribution in [1.82, 2.24) is 15.1 Å². The van der Waals surface area contributed by atoms with Gasteiger partial charge >= 0.3 is 0 Å². The molecule has 3 N–H and O–H groups in total. The summed E-state index contributed by atoms with van der Waals surface area (Å²) < 4.78 is 0. The lowest BCUT2D eigenvalue weighted by Crippen LogP contribution is -2.29. The molecule has 0 aliphatic rings. The van der Waals surface area contributed by atoms with E-state index in [2.05, 4.69) is 10.2 Å². The average Bonchev–Trinajstić information content (AvgIpc) is 2.83. The molecule has 5 nitrogen and oxygen atoms in total. The Morgan fingerprint density at radius 3 is 2.58 bits per heavy atom. The van der Waals surface area contributed by atoms with Gasteiger partial charge in [-0.3, -0.25) is 9.89 Å². The first-order valence-electron chi connectivity index (χ1n) is 5.82. The van der Waals surface area contributed by atoms with Crippen molar-refractivity contribution in [3.05, 3.63) is 46.6 Å². The number of aromatic amines is 1. The summed E-state index contributed by atoms with van der Waals surface area (Å²) in [5.74, 6) is 0.105. The second-order valence-electron chi connectivity index (χ2n) is 4.34. The topological polar surface area (TPSA) is 75.0 Å². The summed E-state index contributed by atoms with van der Waals surface area (Å²) in [6.45, 7) is 1.94. The Balaban J connectivity index is 2.19. The molecular weight excluding hydrogens is 264 g/mol. The van der Waals surface area contributed by atoms with E-state index in [0.29, 0.717) is 10.6 Å². The van der Waals surface area contributed by atoms with Crippen LogP contribution >= 0.6 is 11.6 Å². The van der Waals surface area contributed by atoms with Crippen molar-refractivity contribution in [2.45, 2.75) is 13.0 Å². The molecular formula is C13H15ClN4O. The van der Waals surface area contributed by atoms with Crippen LogP contribution in [0.2, 0.25) is 5.02 Å². The molecule has 6 heteroatoms. The third-order valence-corrected chi connectivity index (χ3v) is 3.40. The molecule has 0 radical (unpaired) electrons. The third-order valence-electron chi connectivity index (χ3n) is 3.15. The summed E-state index contributed by atoms with van der Waals surface area (Å²) >= 11 is 5.85. The molecule has 0 fully saturated rings. The lowest BCUT2D eigenvalue weighted by Gasteiger charge is -2.25. The monoisotopic (exact) mass is 278 g/mol. The zero-order valence-corrected chi connectivity index (χ0v) is 11.5. The number of carbonyl (C=O) groups is 1. The number of aromatic nitrogens is 2. The fraction of sp³-hybridized carbons (Fsp3) is 0.231. The molecule has 1 amide bonds. The van der Waals surface area contributed by atoms with E-state index < -0.39 is 0 Å². The van der Waals surface area contributed by atoms with Crippen molar-refractivity contribution in [2.75, 3.05) is 12.8 Å². The van der Waals surface area contributed by atoms with Crippen LogP contribution in [-0.2, 0) is 0 Å². The van der Waals surface area contributed by atoms with Crippen LogP contribution in [0.4, 0.5) is 5.82 Å². The zero-order valence-electron chi connectivity index (χ0n) is 10.7. The molecule has 0 spiro atoms. The highest BCUT2D eigenvalue weighted by Gasteiger charge is 2.21. The Morgan fingerprint density at radius 2 is 2.05 bits per heavy atom. The van der Waals surface area contributed by atoms with Crippen molar-refractivity contribution >= 4 is 23.3 Å². The van der Waals surface area contributed by atoms with Crippen LogP contribution in [0.3, 0.4) is 0 Å². The highest BCUT2D eigenvalue weighted by Crippen LogP contribution is 2.23. The first-order chi connectivity index (χ1) is 9.00. The van der Waals surface area contributed by atoms with Crippen molar-refractivity contribution in [2.24, 2.45) is 0 Å². The maximum absolute atomic E-state index is 12.3. The number of halogens is 1. The van der Waals surface area contributed by atoms with Crippen LogP contribution < -0.4 is 5.73 Å². The van der Waals surface area contributed by atoms with E-state index in [4.69, 9.17) is 17.3 Å². The first-order valence-corrected chi connectivity index (χ1v) is 6.20. The van der Waals surface area contributed by atoms with Crippen LogP contribution in [0.1, 0.15) is 28.9 Å². The zero-order chi connectivity index (χ0) is 14.0. The fourth-order valence-electron chi connectivity index (χ4n) is 1.80. The summed E-state index contributed by atoms with van der Waals surface area (Å²) in [5, 5.41) is 6.98. The molecule has 1 aromatic carbocycles. The van der Waals surface area contributed by atoms with Crippen LogP contribution in [0, 0.1) is 0 Å². The molecule has 1 aromatic heterocycles. The van der Waals surface area contributed by atoms with Crippen molar-refractivity contribution < 1.29 is 4.79 Å². The van der Waals surface area contributed by atoms with Gasteiger partial charge in [0.15, 0.2) is 0 Å². The van der Waals surface area contributed by atoms with Crippen LogP contribution in [0.25, 0.3) is 0 Å². The van der Waals surface area contributed by atoms with Gasteiger partial charge in [-0.1, -0.05) is 23.7 Å². The highest BCUT2D eigenvalue weighted by atomic mass is 35.5. The number of hydrogen-bond acceptors (Lipinski definition) is 3. The predicted molar refractivity (Wildman–Crippen MR) is 75.0 cm³/mol. The molecule has 100 valence electrons. The van der Waals surface area contributed by atoms with E-state index in [1.165, 1.54) is 6.20 Å². The number of carbonyl (C=O) groups excluding carboxylic acids is 1.